The fourth-order valence-electron chi connectivity index (χ4n) is 1.45. The van der Waals surface area contributed by atoms with Gasteiger partial charge in [-0.05, 0) is 46.3 Å². The highest BCUT2D eigenvalue weighted by molar-refractivity contribution is 9.10. The van der Waals surface area contributed by atoms with E-state index in [0.717, 1.165) is 0 Å². The monoisotopic (exact) mass is 354 g/mol. The second-order valence-corrected chi connectivity index (χ2v) is 5.06. The van der Waals surface area contributed by atoms with Gasteiger partial charge in [0.2, 0.25) is 0 Å². The molecule has 0 spiro atoms. The molecule has 0 unspecified atom stereocenters. The summed E-state index contributed by atoms with van der Waals surface area (Å²) in [6, 6.07) is 9.07. The number of amides is 1. The van der Waals surface area contributed by atoms with Crippen LogP contribution in [-0.2, 0) is 0 Å². The number of halogens is 2. The Morgan fingerprint density at radius 3 is 2.65 bits per heavy atom. The maximum Gasteiger partial charge on any atom is 0.354 e. The largest absolute Gasteiger partial charge is 0.477 e. The zero-order valence-corrected chi connectivity index (χ0v) is 12.3. The van der Waals surface area contributed by atoms with Gasteiger partial charge in [-0.25, -0.2) is 9.78 Å². The van der Waals surface area contributed by atoms with Crippen molar-refractivity contribution in [2.75, 3.05) is 5.32 Å². The molecule has 1 amide bonds. The Hall–Kier alpha value is -1.92. The van der Waals surface area contributed by atoms with Crippen LogP contribution in [0.2, 0.25) is 5.02 Å². The number of carbonyl (C=O) groups excluding carboxylic acids is 1. The molecule has 7 heteroatoms. The van der Waals surface area contributed by atoms with Gasteiger partial charge in [0.15, 0.2) is 5.69 Å². The van der Waals surface area contributed by atoms with Gasteiger partial charge in [-0.1, -0.05) is 17.7 Å². The molecule has 0 aliphatic heterocycles. The van der Waals surface area contributed by atoms with E-state index >= 15 is 0 Å². The number of hydrogen-bond acceptors (Lipinski definition) is 3. The first-order valence-corrected chi connectivity index (χ1v) is 6.61. The third-order valence-corrected chi connectivity index (χ3v) is 3.61. The second-order valence-electron chi connectivity index (χ2n) is 3.80. The number of aromatic nitrogens is 1. The summed E-state index contributed by atoms with van der Waals surface area (Å²) in [7, 11) is 0. The van der Waals surface area contributed by atoms with E-state index in [1.807, 2.05) is 0 Å². The van der Waals surface area contributed by atoms with Gasteiger partial charge in [0.25, 0.3) is 5.91 Å². The van der Waals surface area contributed by atoms with Crippen molar-refractivity contribution in [3.8, 4) is 0 Å². The van der Waals surface area contributed by atoms with Gasteiger partial charge >= 0.3 is 5.97 Å². The summed E-state index contributed by atoms with van der Waals surface area (Å²) < 4.78 is 0.596. The Labute approximate surface area is 127 Å². The molecule has 5 nitrogen and oxygen atoms in total. The molecule has 0 atom stereocenters. The first kappa shape index (κ1) is 14.5. The lowest BCUT2D eigenvalue weighted by molar-refractivity contribution is 0.0690. The van der Waals surface area contributed by atoms with Crippen LogP contribution in [0, 0.1) is 0 Å². The predicted molar refractivity (Wildman–Crippen MR) is 78.3 cm³/mol. The van der Waals surface area contributed by atoms with Crippen molar-refractivity contribution in [3.05, 3.63) is 57.2 Å². The van der Waals surface area contributed by atoms with Crippen LogP contribution >= 0.6 is 27.5 Å². The van der Waals surface area contributed by atoms with Gasteiger partial charge in [-0.3, -0.25) is 4.79 Å². The van der Waals surface area contributed by atoms with Gasteiger partial charge in [0.05, 0.1) is 5.02 Å². The summed E-state index contributed by atoms with van der Waals surface area (Å²) >= 11 is 9.07. The Bertz CT molecular complexity index is 691. The molecule has 1 aromatic heterocycles. The predicted octanol–water partition coefficient (Wildman–Crippen LogP) is 3.45. The molecule has 2 aromatic rings. The molecule has 0 aliphatic rings. The molecule has 2 rings (SSSR count). The number of benzene rings is 1. The molecular formula is C13H8BrClN2O3. The minimum absolute atomic E-state index is 0.139. The standard InChI is InChI=1S/C13H8BrClN2O3/c14-8-6-7(4-5-9(8)15)12(18)17-11-3-1-2-10(16-11)13(19)20/h1-6H,(H,19,20)(H,16,17,18). The van der Waals surface area contributed by atoms with Crippen molar-refractivity contribution >= 4 is 45.2 Å². The van der Waals surface area contributed by atoms with Gasteiger partial charge < -0.3 is 10.4 Å². The van der Waals surface area contributed by atoms with E-state index in [0.29, 0.717) is 15.1 Å². The number of anilines is 1. The number of carboxylic acids is 1. The molecule has 1 heterocycles. The molecule has 20 heavy (non-hydrogen) atoms. The number of carbonyl (C=O) groups is 2. The van der Waals surface area contributed by atoms with E-state index in [2.05, 4.69) is 26.2 Å². The molecule has 0 aliphatic carbocycles. The molecular weight excluding hydrogens is 348 g/mol. The quantitative estimate of drug-likeness (QED) is 0.884. The summed E-state index contributed by atoms with van der Waals surface area (Å²) in [4.78, 5) is 26.6. The SMILES string of the molecule is O=C(Nc1cccc(C(=O)O)n1)c1ccc(Cl)c(Br)c1. The molecule has 1 aromatic carbocycles. The maximum absolute atomic E-state index is 12.0. The number of carboxylic acid groups (broad SMARTS) is 1. The number of nitrogens with zero attached hydrogens (tertiary/aromatic N) is 1. The summed E-state index contributed by atoms with van der Waals surface area (Å²) in [5.74, 6) is -1.39. The third kappa shape index (κ3) is 3.34. The summed E-state index contributed by atoms with van der Waals surface area (Å²) in [5, 5.41) is 11.8. The molecule has 0 bridgehead atoms. The normalized spacial score (nSPS) is 10.1. The van der Waals surface area contributed by atoms with Crippen molar-refractivity contribution in [2.45, 2.75) is 0 Å². The van der Waals surface area contributed by atoms with Crippen molar-refractivity contribution < 1.29 is 14.7 Å². The Kier molecular flexibility index (Phi) is 4.36. The van der Waals surface area contributed by atoms with Crippen LogP contribution in [0.25, 0.3) is 0 Å². The number of rotatable bonds is 3. The molecule has 2 N–H and O–H groups in total. The molecule has 0 radical (unpaired) electrons. The lowest BCUT2D eigenvalue weighted by Gasteiger charge is -2.06. The van der Waals surface area contributed by atoms with E-state index in [4.69, 9.17) is 16.7 Å². The van der Waals surface area contributed by atoms with E-state index < -0.39 is 11.9 Å². The lowest BCUT2D eigenvalue weighted by atomic mass is 10.2. The Morgan fingerprint density at radius 1 is 1.25 bits per heavy atom. The molecule has 0 fully saturated rings. The van der Waals surface area contributed by atoms with E-state index in [1.54, 1.807) is 18.2 Å². The first-order valence-electron chi connectivity index (χ1n) is 5.44. The zero-order chi connectivity index (χ0) is 14.7. The first-order chi connectivity index (χ1) is 9.47. The molecule has 102 valence electrons. The van der Waals surface area contributed by atoms with Crippen LogP contribution in [0.5, 0.6) is 0 Å². The van der Waals surface area contributed by atoms with Crippen LogP contribution in [0.3, 0.4) is 0 Å². The van der Waals surface area contributed by atoms with Crippen LogP contribution < -0.4 is 5.32 Å². The van der Waals surface area contributed by atoms with Crippen LogP contribution in [0.4, 0.5) is 5.82 Å². The van der Waals surface area contributed by atoms with Gasteiger partial charge in [-0.15, -0.1) is 0 Å². The number of nitrogens with one attached hydrogen (secondary N) is 1. The van der Waals surface area contributed by atoms with Gasteiger partial charge in [0.1, 0.15) is 5.82 Å². The van der Waals surface area contributed by atoms with E-state index in [-0.39, 0.29) is 11.5 Å². The highest BCUT2D eigenvalue weighted by Crippen LogP contribution is 2.23. The molecule has 0 saturated heterocycles. The summed E-state index contributed by atoms with van der Waals surface area (Å²) in [5.41, 5.74) is 0.240. The fraction of sp³-hybridized carbons (Fsp3) is 0. The zero-order valence-electron chi connectivity index (χ0n) is 9.93. The minimum atomic E-state index is -1.16. The van der Waals surface area contributed by atoms with Crippen molar-refractivity contribution in [2.24, 2.45) is 0 Å². The van der Waals surface area contributed by atoms with Crippen LogP contribution in [-0.4, -0.2) is 22.0 Å². The van der Waals surface area contributed by atoms with Gasteiger partial charge in [0, 0.05) is 10.0 Å². The van der Waals surface area contributed by atoms with Crippen molar-refractivity contribution in [1.82, 2.24) is 4.98 Å². The Balaban J connectivity index is 2.21. The average molecular weight is 356 g/mol. The smallest absolute Gasteiger partial charge is 0.354 e. The number of aromatic carboxylic acids is 1. The number of hydrogen-bond donors (Lipinski definition) is 2. The van der Waals surface area contributed by atoms with Crippen molar-refractivity contribution in [1.29, 1.82) is 0 Å². The Morgan fingerprint density at radius 2 is 2.00 bits per heavy atom. The fourth-order valence-corrected chi connectivity index (χ4v) is 1.95. The lowest BCUT2D eigenvalue weighted by Crippen LogP contribution is -2.14. The highest BCUT2D eigenvalue weighted by Gasteiger charge is 2.10. The van der Waals surface area contributed by atoms with Crippen LogP contribution in [0.1, 0.15) is 20.8 Å². The average Bonchev–Trinajstić information content (AvgIpc) is 2.42. The van der Waals surface area contributed by atoms with Gasteiger partial charge in [-0.2, -0.15) is 0 Å². The summed E-state index contributed by atoms with van der Waals surface area (Å²) in [6.45, 7) is 0. The van der Waals surface area contributed by atoms with E-state index in [1.165, 1.54) is 18.2 Å². The van der Waals surface area contributed by atoms with Crippen LogP contribution in [0.15, 0.2) is 40.9 Å². The summed E-state index contributed by atoms with van der Waals surface area (Å²) in [6.07, 6.45) is 0. The topological polar surface area (TPSA) is 79.3 Å². The van der Waals surface area contributed by atoms with Crippen molar-refractivity contribution in [3.63, 3.8) is 0 Å². The second kappa shape index (κ2) is 6.02. The maximum atomic E-state index is 12.0. The molecule has 0 saturated carbocycles. The van der Waals surface area contributed by atoms with E-state index in [9.17, 15) is 9.59 Å². The number of pyridine rings is 1. The highest BCUT2D eigenvalue weighted by atomic mass is 79.9. The minimum Gasteiger partial charge on any atom is -0.477 e. The third-order valence-electron chi connectivity index (χ3n) is 2.39.